The topological polar surface area (TPSA) is 137 Å². The van der Waals surface area contributed by atoms with E-state index in [0.29, 0.717) is 11.5 Å². The molecule has 3 rings (SSSR count). The molecule has 0 saturated heterocycles. The van der Waals surface area contributed by atoms with E-state index in [0.717, 1.165) is 12.1 Å². The van der Waals surface area contributed by atoms with Crippen molar-refractivity contribution < 1.29 is 47.6 Å². The Hall–Kier alpha value is -4.93. The Morgan fingerprint density at radius 3 is 1.70 bits per heavy atom. The number of ether oxygens (including phenoxy) is 4. The van der Waals surface area contributed by atoms with Crippen LogP contribution in [0.15, 0.2) is 72.8 Å². The fourth-order valence-corrected chi connectivity index (χ4v) is 3.11. The van der Waals surface area contributed by atoms with Crippen molar-refractivity contribution >= 4 is 29.5 Å². The van der Waals surface area contributed by atoms with Crippen molar-refractivity contribution in [2.45, 2.75) is 12.2 Å². The average Bonchev–Trinajstić information content (AvgIpc) is 2.91. The van der Waals surface area contributed by atoms with Crippen molar-refractivity contribution in [3.8, 4) is 11.5 Å². The van der Waals surface area contributed by atoms with Gasteiger partial charge >= 0.3 is 17.9 Å². The van der Waals surface area contributed by atoms with Crippen molar-refractivity contribution in [3.05, 3.63) is 89.7 Å². The number of nitrogens with one attached hydrogen (secondary N) is 1. The molecule has 0 aliphatic carbocycles. The molecule has 3 aromatic rings. The summed E-state index contributed by atoms with van der Waals surface area (Å²) in [5, 5.41) is 12.1. The summed E-state index contributed by atoms with van der Waals surface area (Å²) >= 11 is 0. The van der Waals surface area contributed by atoms with Crippen LogP contribution in [0, 0.1) is 5.82 Å². The number of aliphatic carboxylic acids is 1. The lowest BCUT2D eigenvalue weighted by atomic mass is 10.1. The Bertz CT molecular complexity index is 1290. The Morgan fingerprint density at radius 2 is 1.24 bits per heavy atom. The molecule has 192 valence electrons. The number of benzene rings is 3. The van der Waals surface area contributed by atoms with Gasteiger partial charge in [0.1, 0.15) is 17.3 Å². The number of hydrogen-bond donors (Lipinski definition) is 2. The maximum Gasteiger partial charge on any atom is 0.349 e. The summed E-state index contributed by atoms with van der Waals surface area (Å²) in [6, 6.07) is 16.0. The highest BCUT2D eigenvalue weighted by molar-refractivity contribution is 6.01. The van der Waals surface area contributed by atoms with E-state index in [1.54, 1.807) is 12.1 Å². The maximum atomic E-state index is 13.3. The summed E-state index contributed by atoms with van der Waals surface area (Å²) in [5.41, 5.74) is -0.0401. The van der Waals surface area contributed by atoms with E-state index in [2.05, 4.69) is 5.32 Å². The largest absolute Gasteiger partial charge is 0.497 e. The molecule has 3 aromatic carbocycles. The highest BCUT2D eigenvalue weighted by Gasteiger charge is 2.41. The minimum Gasteiger partial charge on any atom is -0.497 e. The van der Waals surface area contributed by atoms with Gasteiger partial charge in [0.2, 0.25) is 12.2 Å². The van der Waals surface area contributed by atoms with Gasteiger partial charge in [-0.3, -0.25) is 4.79 Å². The molecule has 0 aromatic heterocycles. The molecule has 0 aliphatic heterocycles. The van der Waals surface area contributed by atoms with Crippen LogP contribution in [0.25, 0.3) is 0 Å². The van der Waals surface area contributed by atoms with Crippen molar-refractivity contribution in [2.75, 3.05) is 19.5 Å². The monoisotopic (exact) mass is 511 g/mol. The number of carbonyl (C=O) groups is 4. The Labute approximate surface area is 210 Å². The molecule has 2 N–H and O–H groups in total. The smallest absolute Gasteiger partial charge is 0.349 e. The summed E-state index contributed by atoms with van der Waals surface area (Å²) < 4.78 is 33.7. The first kappa shape index (κ1) is 26.7. The van der Waals surface area contributed by atoms with Crippen LogP contribution in [0.5, 0.6) is 11.5 Å². The van der Waals surface area contributed by atoms with Crippen molar-refractivity contribution in [2.24, 2.45) is 0 Å². The molecule has 0 spiro atoms. The van der Waals surface area contributed by atoms with Crippen LogP contribution in [0.4, 0.5) is 10.1 Å². The number of anilines is 1. The number of halogens is 1. The molecule has 37 heavy (non-hydrogen) atoms. The fourth-order valence-electron chi connectivity index (χ4n) is 3.11. The molecule has 0 aliphatic rings. The molecular formula is C26H22FNO9. The fraction of sp³-hybridized carbons (Fsp3) is 0.154. The van der Waals surface area contributed by atoms with Gasteiger partial charge in [0, 0.05) is 5.69 Å². The maximum absolute atomic E-state index is 13.3. The number of carbonyl (C=O) groups excluding carboxylic acids is 3. The molecule has 0 heterocycles. The minimum absolute atomic E-state index is 0.0535. The van der Waals surface area contributed by atoms with Crippen LogP contribution in [0.1, 0.15) is 20.7 Å². The van der Waals surface area contributed by atoms with Gasteiger partial charge in [-0.2, -0.15) is 0 Å². The molecule has 10 nitrogen and oxygen atoms in total. The van der Waals surface area contributed by atoms with Gasteiger partial charge in [-0.25, -0.2) is 18.8 Å². The number of amides is 1. The summed E-state index contributed by atoms with van der Waals surface area (Å²) in [4.78, 5) is 50.7. The Balaban J connectivity index is 1.92. The third kappa shape index (κ3) is 7.04. The van der Waals surface area contributed by atoms with E-state index in [1.165, 1.54) is 62.8 Å². The van der Waals surface area contributed by atoms with Gasteiger partial charge in [0.05, 0.1) is 25.3 Å². The molecule has 0 saturated carbocycles. The summed E-state index contributed by atoms with van der Waals surface area (Å²) in [7, 11) is 2.75. The van der Waals surface area contributed by atoms with Crippen LogP contribution in [-0.2, 0) is 19.1 Å². The number of rotatable bonds is 10. The second-order valence-corrected chi connectivity index (χ2v) is 7.45. The van der Waals surface area contributed by atoms with Crippen molar-refractivity contribution in [1.29, 1.82) is 0 Å². The highest BCUT2D eigenvalue weighted by atomic mass is 19.1. The second kappa shape index (κ2) is 12.2. The molecule has 0 bridgehead atoms. The zero-order valence-corrected chi connectivity index (χ0v) is 19.7. The van der Waals surface area contributed by atoms with E-state index >= 15 is 0 Å². The average molecular weight is 511 g/mol. The van der Waals surface area contributed by atoms with Gasteiger partial charge < -0.3 is 29.4 Å². The summed E-state index contributed by atoms with van der Waals surface area (Å²) in [6.07, 6.45) is -4.37. The first-order valence-corrected chi connectivity index (χ1v) is 10.7. The number of carboxylic acid groups (broad SMARTS) is 1. The molecule has 0 unspecified atom stereocenters. The van der Waals surface area contributed by atoms with Crippen LogP contribution in [-0.4, -0.2) is 55.3 Å². The lowest BCUT2D eigenvalue weighted by Crippen LogP contribution is -2.48. The van der Waals surface area contributed by atoms with Crippen LogP contribution < -0.4 is 14.8 Å². The van der Waals surface area contributed by atoms with Crippen LogP contribution >= 0.6 is 0 Å². The quantitative estimate of drug-likeness (QED) is 0.393. The summed E-state index contributed by atoms with van der Waals surface area (Å²) in [6.45, 7) is 0. The SMILES string of the molecule is COc1cccc(C(=O)O[C@@H](C(=O)O)[C@@H](OC(=O)c2cccc(OC)c2)C(=O)Nc2ccc(F)cc2)c1. The standard InChI is InChI=1S/C26H22FNO9/c1-34-19-7-3-5-15(13-19)25(32)36-21(23(29)28-18-11-9-17(27)10-12-18)22(24(30)31)37-26(33)16-6-4-8-20(14-16)35-2/h3-14,21-22H,1-2H3,(H,28,29)(H,30,31)/t21-,22-/m1/s1. The van der Waals surface area contributed by atoms with E-state index in [4.69, 9.17) is 18.9 Å². The number of methoxy groups -OCH3 is 2. The zero-order chi connectivity index (χ0) is 26.9. The molecule has 1 amide bonds. The first-order valence-electron chi connectivity index (χ1n) is 10.7. The highest BCUT2D eigenvalue weighted by Crippen LogP contribution is 2.20. The van der Waals surface area contributed by atoms with Gasteiger partial charge in [-0.05, 0) is 60.7 Å². The minimum atomic E-state index is -2.24. The van der Waals surface area contributed by atoms with E-state index < -0.39 is 41.8 Å². The predicted molar refractivity (Wildman–Crippen MR) is 127 cm³/mol. The van der Waals surface area contributed by atoms with Crippen LogP contribution in [0.3, 0.4) is 0 Å². The third-order valence-electron chi connectivity index (χ3n) is 4.97. The zero-order valence-electron chi connectivity index (χ0n) is 19.7. The second-order valence-electron chi connectivity index (χ2n) is 7.45. The first-order chi connectivity index (χ1) is 17.7. The van der Waals surface area contributed by atoms with Crippen LogP contribution in [0.2, 0.25) is 0 Å². The Kier molecular flexibility index (Phi) is 8.76. The van der Waals surface area contributed by atoms with Crippen molar-refractivity contribution in [3.63, 3.8) is 0 Å². The molecule has 11 heteroatoms. The molecule has 0 radical (unpaired) electrons. The Morgan fingerprint density at radius 1 is 0.757 bits per heavy atom. The lowest BCUT2D eigenvalue weighted by Gasteiger charge is -2.23. The molecular weight excluding hydrogens is 489 g/mol. The van der Waals surface area contributed by atoms with Gasteiger partial charge in [-0.15, -0.1) is 0 Å². The lowest BCUT2D eigenvalue weighted by molar-refractivity contribution is -0.157. The van der Waals surface area contributed by atoms with E-state index in [-0.39, 0.29) is 16.8 Å². The van der Waals surface area contributed by atoms with Gasteiger partial charge in [0.15, 0.2) is 0 Å². The van der Waals surface area contributed by atoms with E-state index in [1.807, 2.05) is 0 Å². The number of carboxylic acids is 1. The number of esters is 2. The van der Waals surface area contributed by atoms with Crippen molar-refractivity contribution in [1.82, 2.24) is 0 Å². The normalized spacial score (nSPS) is 12.0. The molecule has 2 atom stereocenters. The van der Waals surface area contributed by atoms with Gasteiger partial charge in [-0.1, -0.05) is 12.1 Å². The predicted octanol–water partition coefficient (Wildman–Crippen LogP) is 3.32. The molecule has 0 fully saturated rings. The summed E-state index contributed by atoms with van der Waals surface area (Å²) in [5.74, 6) is -5.04. The third-order valence-corrected chi connectivity index (χ3v) is 4.97. The number of hydrogen-bond acceptors (Lipinski definition) is 8. The van der Waals surface area contributed by atoms with E-state index in [9.17, 15) is 28.7 Å². The van der Waals surface area contributed by atoms with Gasteiger partial charge in [0.25, 0.3) is 5.91 Å².